The Hall–Kier alpha value is -6.84. The topological polar surface area (TPSA) is 23.0 Å². The predicted octanol–water partition coefficient (Wildman–Crippen LogP) is 13.1. The summed E-state index contributed by atoms with van der Waals surface area (Å²) in [5, 5.41) is 7.23. The second-order valence-electron chi connectivity index (χ2n) is 13.3. The molecule has 0 N–H and O–H groups in total. The Kier molecular flexibility index (Phi) is 5.96. The highest BCUT2D eigenvalue weighted by Gasteiger charge is 2.22. The normalized spacial score (nSPS) is 11.9. The molecule has 3 heterocycles. The monoisotopic (exact) mass is 650 g/mol. The Morgan fingerprint density at radius 2 is 0.961 bits per heavy atom. The van der Waals surface area contributed by atoms with Gasteiger partial charge in [-0.05, 0) is 65.7 Å². The largest absolute Gasteiger partial charge is 0.456 e. The molecular formula is C48H30N2O. The second kappa shape index (κ2) is 10.8. The summed E-state index contributed by atoms with van der Waals surface area (Å²) in [5.41, 5.74) is 13.5. The standard InChI is InChI=1S/C48H30N2O/c1-2-14-32(15-3-1)49-43-25-10-6-19-40(43)47-37(20-13-26-44(47)49)39-22-12-21-38-34-17-5-9-24-42(34)50(48(38)39)41-23-8-4-16-33(41)31-28-29-36-35-18-7-11-27-45(35)51-46(36)30-31/h1-30H. The fraction of sp³-hybridized carbons (Fsp3) is 0. The molecule has 3 nitrogen and oxygen atoms in total. The Morgan fingerprint density at radius 1 is 0.353 bits per heavy atom. The van der Waals surface area contributed by atoms with Gasteiger partial charge < -0.3 is 13.6 Å². The average molecular weight is 651 g/mol. The number of hydrogen-bond acceptors (Lipinski definition) is 1. The molecule has 0 saturated heterocycles. The molecule has 3 heteroatoms. The number of hydrogen-bond donors (Lipinski definition) is 0. The van der Waals surface area contributed by atoms with Crippen molar-refractivity contribution in [3.8, 4) is 33.6 Å². The summed E-state index contributed by atoms with van der Waals surface area (Å²) in [6.45, 7) is 0. The van der Waals surface area contributed by atoms with Crippen LogP contribution in [0.1, 0.15) is 0 Å². The van der Waals surface area contributed by atoms with Crippen LogP contribution < -0.4 is 0 Å². The van der Waals surface area contributed by atoms with Gasteiger partial charge in [0.05, 0.1) is 27.8 Å². The number of para-hydroxylation sites is 6. The van der Waals surface area contributed by atoms with Gasteiger partial charge in [0.15, 0.2) is 0 Å². The van der Waals surface area contributed by atoms with Crippen LogP contribution in [0.5, 0.6) is 0 Å². The van der Waals surface area contributed by atoms with Crippen molar-refractivity contribution in [3.05, 3.63) is 182 Å². The first kappa shape index (κ1) is 28.0. The fourth-order valence-electron chi connectivity index (χ4n) is 8.39. The van der Waals surface area contributed by atoms with E-state index in [1.165, 1.54) is 54.7 Å². The molecule has 0 fully saturated rings. The number of furan rings is 1. The molecule has 0 bridgehead atoms. The van der Waals surface area contributed by atoms with Gasteiger partial charge in [0.25, 0.3) is 0 Å². The zero-order chi connectivity index (χ0) is 33.5. The SMILES string of the molecule is c1ccc(-n2c3ccccc3c3c(-c4cccc5c6ccccc6n(-c6ccccc6-c6ccc7c(c6)oc6ccccc67)c45)cccc32)cc1. The number of rotatable bonds is 4. The molecule has 0 amide bonds. The minimum atomic E-state index is 0.896. The van der Waals surface area contributed by atoms with Crippen LogP contribution in [-0.4, -0.2) is 9.13 Å². The van der Waals surface area contributed by atoms with Crippen LogP contribution in [0, 0.1) is 0 Å². The van der Waals surface area contributed by atoms with E-state index in [2.05, 4.69) is 179 Å². The molecule has 0 radical (unpaired) electrons. The minimum absolute atomic E-state index is 0.896. The van der Waals surface area contributed by atoms with Crippen LogP contribution in [0.15, 0.2) is 186 Å². The zero-order valence-corrected chi connectivity index (χ0v) is 27.6. The summed E-state index contributed by atoms with van der Waals surface area (Å²) < 4.78 is 11.2. The lowest BCUT2D eigenvalue weighted by atomic mass is 9.97. The van der Waals surface area contributed by atoms with Crippen molar-refractivity contribution in [2.75, 3.05) is 0 Å². The summed E-state index contributed by atoms with van der Waals surface area (Å²) in [4.78, 5) is 0. The summed E-state index contributed by atoms with van der Waals surface area (Å²) in [6.07, 6.45) is 0. The molecule has 3 aromatic heterocycles. The number of aromatic nitrogens is 2. The smallest absolute Gasteiger partial charge is 0.136 e. The summed E-state index contributed by atoms with van der Waals surface area (Å²) in [6, 6.07) is 65.5. The Bertz CT molecular complexity index is 3140. The van der Waals surface area contributed by atoms with Gasteiger partial charge in [0, 0.05) is 49.1 Å². The van der Waals surface area contributed by atoms with Crippen molar-refractivity contribution in [1.29, 1.82) is 0 Å². The average Bonchev–Trinajstić information content (AvgIpc) is 3.86. The molecule has 0 atom stereocenters. The number of benzene rings is 8. The maximum atomic E-state index is 6.36. The Balaban J connectivity index is 1.22. The highest BCUT2D eigenvalue weighted by atomic mass is 16.3. The van der Waals surface area contributed by atoms with Crippen LogP contribution >= 0.6 is 0 Å². The lowest BCUT2D eigenvalue weighted by molar-refractivity contribution is 0.669. The first-order valence-electron chi connectivity index (χ1n) is 17.4. The maximum absolute atomic E-state index is 6.36. The van der Waals surface area contributed by atoms with Gasteiger partial charge in [0.2, 0.25) is 0 Å². The number of fused-ring (bicyclic) bond motifs is 9. The Morgan fingerprint density at radius 3 is 1.84 bits per heavy atom. The van der Waals surface area contributed by atoms with Crippen molar-refractivity contribution in [3.63, 3.8) is 0 Å². The van der Waals surface area contributed by atoms with Gasteiger partial charge in [-0.15, -0.1) is 0 Å². The summed E-state index contributed by atoms with van der Waals surface area (Å²) >= 11 is 0. The molecule has 11 rings (SSSR count). The molecular weight excluding hydrogens is 621 g/mol. The van der Waals surface area contributed by atoms with E-state index in [0.717, 1.165) is 44.4 Å². The second-order valence-corrected chi connectivity index (χ2v) is 13.3. The van der Waals surface area contributed by atoms with Crippen molar-refractivity contribution in [2.45, 2.75) is 0 Å². The van der Waals surface area contributed by atoms with Crippen LogP contribution in [0.3, 0.4) is 0 Å². The van der Waals surface area contributed by atoms with Crippen molar-refractivity contribution < 1.29 is 4.42 Å². The van der Waals surface area contributed by atoms with E-state index in [9.17, 15) is 0 Å². The van der Waals surface area contributed by atoms with Crippen LogP contribution in [-0.2, 0) is 0 Å². The molecule has 0 aliphatic heterocycles. The summed E-state index contributed by atoms with van der Waals surface area (Å²) in [7, 11) is 0. The molecule has 0 aliphatic carbocycles. The van der Waals surface area contributed by atoms with E-state index < -0.39 is 0 Å². The highest BCUT2D eigenvalue weighted by Crippen LogP contribution is 2.45. The maximum Gasteiger partial charge on any atom is 0.136 e. The van der Waals surface area contributed by atoms with E-state index in [4.69, 9.17) is 4.42 Å². The predicted molar refractivity (Wildman–Crippen MR) is 213 cm³/mol. The molecule has 0 unspecified atom stereocenters. The van der Waals surface area contributed by atoms with Gasteiger partial charge in [-0.2, -0.15) is 0 Å². The zero-order valence-electron chi connectivity index (χ0n) is 27.6. The molecule has 51 heavy (non-hydrogen) atoms. The van der Waals surface area contributed by atoms with Gasteiger partial charge in [-0.25, -0.2) is 0 Å². The highest BCUT2D eigenvalue weighted by molar-refractivity contribution is 6.21. The van der Waals surface area contributed by atoms with Crippen molar-refractivity contribution in [2.24, 2.45) is 0 Å². The first-order valence-corrected chi connectivity index (χ1v) is 17.4. The third kappa shape index (κ3) is 4.06. The van der Waals surface area contributed by atoms with Gasteiger partial charge in [-0.3, -0.25) is 0 Å². The molecule has 0 spiro atoms. The van der Waals surface area contributed by atoms with Gasteiger partial charge in [0.1, 0.15) is 11.2 Å². The van der Waals surface area contributed by atoms with Crippen LogP contribution in [0.2, 0.25) is 0 Å². The van der Waals surface area contributed by atoms with E-state index in [-0.39, 0.29) is 0 Å². The van der Waals surface area contributed by atoms with Gasteiger partial charge >= 0.3 is 0 Å². The quantitative estimate of drug-likeness (QED) is 0.186. The third-order valence-electron chi connectivity index (χ3n) is 10.5. The molecule has 8 aromatic carbocycles. The molecule has 238 valence electrons. The van der Waals surface area contributed by atoms with E-state index in [1.807, 2.05) is 12.1 Å². The summed E-state index contributed by atoms with van der Waals surface area (Å²) in [5.74, 6) is 0. The van der Waals surface area contributed by atoms with Crippen molar-refractivity contribution in [1.82, 2.24) is 9.13 Å². The van der Waals surface area contributed by atoms with Gasteiger partial charge in [-0.1, -0.05) is 127 Å². The number of nitrogens with zero attached hydrogens (tertiary/aromatic N) is 2. The lowest BCUT2D eigenvalue weighted by Crippen LogP contribution is -1.98. The van der Waals surface area contributed by atoms with Crippen LogP contribution in [0.4, 0.5) is 0 Å². The van der Waals surface area contributed by atoms with E-state index in [0.29, 0.717) is 0 Å². The third-order valence-corrected chi connectivity index (χ3v) is 10.5. The Labute approximate surface area is 293 Å². The first-order chi connectivity index (χ1) is 25.3. The fourth-order valence-corrected chi connectivity index (χ4v) is 8.39. The van der Waals surface area contributed by atoms with E-state index >= 15 is 0 Å². The molecule has 11 aromatic rings. The molecule has 0 saturated carbocycles. The minimum Gasteiger partial charge on any atom is -0.456 e. The molecule has 0 aliphatic rings. The van der Waals surface area contributed by atoms with E-state index in [1.54, 1.807) is 0 Å². The lowest BCUT2D eigenvalue weighted by Gasteiger charge is -2.16. The van der Waals surface area contributed by atoms with Crippen LogP contribution in [0.25, 0.3) is 99.2 Å². The van der Waals surface area contributed by atoms with Crippen molar-refractivity contribution >= 4 is 65.6 Å².